The third-order valence-electron chi connectivity index (χ3n) is 2.75. The predicted molar refractivity (Wildman–Crippen MR) is 71.5 cm³/mol. The average Bonchev–Trinajstić information content (AvgIpc) is 3.09. The maximum Gasteiger partial charge on any atom is 0.326 e. The van der Waals surface area contributed by atoms with Crippen LogP contribution in [0.1, 0.15) is 30.9 Å². The molecule has 2 rings (SSSR count). The lowest BCUT2D eigenvalue weighted by molar-refractivity contribution is -0.140. The highest BCUT2D eigenvalue weighted by atomic mass is 32.1. The monoisotopic (exact) mass is 298 g/mol. The van der Waals surface area contributed by atoms with Gasteiger partial charge in [-0.25, -0.2) is 14.6 Å². The number of anilines is 1. The first-order valence-electron chi connectivity index (χ1n) is 5.99. The highest BCUT2D eigenvalue weighted by Gasteiger charge is 2.27. The van der Waals surface area contributed by atoms with E-state index in [9.17, 15) is 14.4 Å². The Kier molecular flexibility index (Phi) is 4.18. The quantitative estimate of drug-likeness (QED) is 0.605. The summed E-state index contributed by atoms with van der Waals surface area (Å²) >= 11 is 1.27. The molecule has 0 aliphatic heterocycles. The van der Waals surface area contributed by atoms with Crippen molar-refractivity contribution in [1.82, 2.24) is 10.3 Å². The minimum Gasteiger partial charge on any atom is -0.480 e. The molecule has 3 amide bonds. The van der Waals surface area contributed by atoms with Crippen LogP contribution >= 0.6 is 11.3 Å². The fourth-order valence-corrected chi connectivity index (χ4v) is 2.39. The van der Waals surface area contributed by atoms with Crippen molar-refractivity contribution >= 4 is 34.4 Å². The topological polar surface area (TPSA) is 134 Å². The fraction of sp³-hybridized carbons (Fsp3) is 0.455. The van der Waals surface area contributed by atoms with Gasteiger partial charge < -0.3 is 16.2 Å². The van der Waals surface area contributed by atoms with E-state index in [0.717, 1.165) is 18.5 Å². The molecule has 20 heavy (non-hydrogen) atoms. The zero-order chi connectivity index (χ0) is 14.7. The van der Waals surface area contributed by atoms with Crippen LogP contribution in [0, 0.1) is 0 Å². The number of carbonyl (C=O) groups excluding carboxylic acids is 2. The van der Waals surface area contributed by atoms with Gasteiger partial charge in [-0.3, -0.25) is 10.1 Å². The molecule has 5 N–H and O–H groups in total. The summed E-state index contributed by atoms with van der Waals surface area (Å²) in [5, 5.41) is 15.7. The van der Waals surface area contributed by atoms with Crippen LogP contribution in [-0.4, -0.2) is 34.0 Å². The normalized spacial score (nSPS) is 15.4. The summed E-state index contributed by atoms with van der Waals surface area (Å²) in [6.07, 6.45) is 1.75. The number of urea groups is 1. The molecular weight excluding hydrogens is 284 g/mol. The van der Waals surface area contributed by atoms with Crippen molar-refractivity contribution in [1.29, 1.82) is 0 Å². The van der Waals surface area contributed by atoms with Crippen LogP contribution in [-0.2, 0) is 9.59 Å². The summed E-state index contributed by atoms with van der Waals surface area (Å²) in [7, 11) is 0. The molecule has 1 aromatic rings. The Morgan fingerprint density at radius 3 is 2.75 bits per heavy atom. The van der Waals surface area contributed by atoms with E-state index in [1.165, 1.54) is 11.3 Å². The molecular formula is C11H14N4O4S. The lowest BCUT2D eigenvalue weighted by Crippen LogP contribution is -2.45. The number of amides is 3. The number of primary amides is 1. The first-order valence-corrected chi connectivity index (χ1v) is 6.87. The number of rotatable bonds is 6. The molecule has 0 unspecified atom stereocenters. The van der Waals surface area contributed by atoms with Crippen molar-refractivity contribution in [3.63, 3.8) is 0 Å². The van der Waals surface area contributed by atoms with Crippen LogP contribution < -0.4 is 16.4 Å². The smallest absolute Gasteiger partial charge is 0.326 e. The Morgan fingerprint density at radius 2 is 2.20 bits per heavy atom. The summed E-state index contributed by atoms with van der Waals surface area (Å²) in [5.41, 5.74) is 5.86. The van der Waals surface area contributed by atoms with Gasteiger partial charge in [0.25, 0.3) is 0 Å². The van der Waals surface area contributed by atoms with E-state index in [0.29, 0.717) is 11.0 Å². The van der Waals surface area contributed by atoms with Gasteiger partial charge in [-0.15, -0.1) is 11.3 Å². The van der Waals surface area contributed by atoms with Gasteiger partial charge in [0.05, 0.1) is 12.1 Å². The van der Waals surface area contributed by atoms with E-state index in [1.54, 1.807) is 0 Å². The molecule has 1 saturated carbocycles. The summed E-state index contributed by atoms with van der Waals surface area (Å²) in [6, 6.07) is -2.08. The van der Waals surface area contributed by atoms with E-state index in [1.807, 2.05) is 5.38 Å². The second-order valence-electron chi connectivity index (χ2n) is 4.51. The van der Waals surface area contributed by atoms with E-state index < -0.39 is 30.4 Å². The Hall–Kier alpha value is -2.16. The number of carboxylic acids is 1. The van der Waals surface area contributed by atoms with Crippen molar-refractivity contribution in [2.75, 3.05) is 5.32 Å². The summed E-state index contributed by atoms with van der Waals surface area (Å²) in [5.74, 6) is -1.65. The Labute approximate surface area is 118 Å². The van der Waals surface area contributed by atoms with Crippen LogP contribution in [0.5, 0.6) is 0 Å². The van der Waals surface area contributed by atoms with Gasteiger partial charge in [0.2, 0.25) is 5.91 Å². The molecule has 1 fully saturated rings. The molecule has 0 saturated heterocycles. The minimum atomic E-state index is -1.35. The van der Waals surface area contributed by atoms with Gasteiger partial charge in [0, 0.05) is 11.3 Å². The lowest BCUT2D eigenvalue weighted by Gasteiger charge is -2.12. The number of carboxylic acid groups (broad SMARTS) is 1. The van der Waals surface area contributed by atoms with Crippen LogP contribution in [0.3, 0.4) is 0 Å². The van der Waals surface area contributed by atoms with Gasteiger partial charge in [-0.2, -0.15) is 0 Å². The van der Waals surface area contributed by atoms with Crippen molar-refractivity contribution < 1.29 is 19.5 Å². The molecule has 0 radical (unpaired) electrons. The van der Waals surface area contributed by atoms with Crippen molar-refractivity contribution in [2.24, 2.45) is 5.73 Å². The highest BCUT2D eigenvalue weighted by molar-refractivity contribution is 7.13. The largest absolute Gasteiger partial charge is 0.480 e. The number of carbonyl (C=O) groups is 3. The Bertz CT molecular complexity index is 540. The van der Waals surface area contributed by atoms with Crippen LogP contribution in [0.2, 0.25) is 0 Å². The number of nitrogens with one attached hydrogen (secondary N) is 2. The number of aliphatic carboxylic acids is 1. The maximum absolute atomic E-state index is 11.6. The molecule has 108 valence electrons. The number of aromatic nitrogens is 1. The van der Waals surface area contributed by atoms with Crippen LogP contribution in [0.4, 0.5) is 9.93 Å². The predicted octanol–water partition coefficient (Wildman–Crippen LogP) is 0.471. The van der Waals surface area contributed by atoms with Crippen molar-refractivity contribution in [2.45, 2.75) is 31.2 Å². The first-order chi connectivity index (χ1) is 9.45. The number of hydrogen-bond acceptors (Lipinski definition) is 5. The van der Waals surface area contributed by atoms with Gasteiger partial charge >= 0.3 is 12.0 Å². The van der Waals surface area contributed by atoms with Gasteiger partial charge in [-0.1, -0.05) is 0 Å². The van der Waals surface area contributed by atoms with Crippen LogP contribution in [0.25, 0.3) is 0 Å². The highest BCUT2D eigenvalue weighted by Crippen LogP contribution is 2.40. The molecule has 0 aromatic carbocycles. The average molecular weight is 298 g/mol. The van der Waals surface area contributed by atoms with Gasteiger partial charge in [0.15, 0.2) is 5.13 Å². The van der Waals surface area contributed by atoms with Crippen molar-refractivity contribution in [3.05, 3.63) is 11.1 Å². The molecule has 1 aliphatic carbocycles. The molecule has 9 heteroatoms. The number of nitrogens with zero attached hydrogens (tertiary/aromatic N) is 1. The van der Waals surface area contributed by atoms with E-state index in [-0.39, 0.29) is 0 Å². The minimum absolute atomic E-state index is 0.396. The standard InChI is InChI=1S/C11H14N4O4S/c12-8(16)3-6(9(17)18)13-10(19)15-11-14-7(4-20-11)5-1-2-5/h4-6H,1-3H2,(H2,12,16)(H,17,18)(H2,13,14,15,19)/t6-/m0/s1. The van der Waals surface area contributed by atoms with Gasteiger partial charge in [0.1, 0.15) is 6.04 Å². The van der Waals surface area contributed by atoms with Crippen LogP contribution in [0.15, 0.2) is 5.38 Å². The second kappa shape index (κ2) is 5.87. The first kappa shape index (κ1) is 14.3. The number of hydrogen-bond donors (Lipinski definition) is 4. The molecule has 0 spiro atoms. The van der Waals surface area contributed by atoms with E-state index in [4.69, 9.17) is 10.8 Å². The third kappa shape index (κ3) is 3.92. The third-order valence-corrected chi connectivity index (χ3v) is 3.52. The summed E-state index contributed by atoms with van der Waals surface area (Å²) < 4.78 is 0. The molecule has 1 atom stereocenters. The maximum atomic E-state index is 11.6. The zero-order valence-electron chi connectivity index (χ0n) is 10.5. The fourth-order valence-electron chi connectivity index (χ4n) is 1.60. The SMILES string of the molecule is NC(=O)C[C@H](NC(=O)Nc1nc(C2CC2)cs1)C(=O)O. The zero-order valence-corrected chi connectivity index (χ0v) is 11.3. The lowest BCUT2D eigenvalue weighted by atomic mass is 10.2. The number of thiazole rings is 1. The number of nitrogens with two attached hydrogens (primary N) is 1. The van der Waals surface area contributed by atoms with E-state index >= 15 is 0 Å². The Balaban J connectivity index is 1.89. The van der Waals surface area contributed by atoms with E-state index in [2.05, 4.69) is 15.6 Å². The summed E-state index contributed by atoms with van der Waals surface area (Å²) in [4.78, 5) is 37.4. The molecule has 8 nitrogen and oxygen atoms in total. The molecule has 0 bridgehead atoms. The van der Waals surface area contributed by atoms with Crippen molar-refractivity contribution in [3.8, 4) is 0 Å². The Morgan fingerprint density at radius 1 is 1.50 bits per heavy atom. The second-order valence-corrected chi connectivity index (χ2v) is 5.37. The molecule has 1 aromatic heterocycles. The molecule has 1 aliphatic rings. The summed E-state index contributed by atoms with van der Waals surface area (Å²) in [6.45, 7) is 0. The van der Waals surface area contributed by atoms with Gasteiger partial charge in [-0.05, 0) is 12.8 Å². The molecule has 1 heterocycles.